The second kappa shape index (κ2) is 12.2. The Morgan fingerprint density at radius 2 is 1.82 bits per heavy atom. The highest BCUT2D eigenvalue weighted by Gasteiger charge is 2.36. The summed E-state index contributed by atoms with van der Waals surface area (Å²) in [4.78, 5) is 29.4. The van der Waals surface area contributed by atoms with Gasteiger partial charge in [0.25, 0.3) is 5.91 Å². The van der Waals surface area contributed by atoms with Gasteiger partial charge in [0.15, 0.2) is 17.5 Å². The first-order chi connectivity index (χ1) is 19.2. The molecule has 0 radical (unpaired) electrons. The highest BCUT2D eigenvalue weighted by Crippen LogP contribution is 2.29. The van der Waals surface area contributed by atoms with Crippen LogP contribution in [0.3, 0.4) is 0 Å². The quantitative estimate of drug-likeness (QED) is 0.279. The molecule has 2 amide bonds. The van der Waals surface area contributed by atoms with Gasteiger partial charge in [-0.15, -0.1) is 5.10 Å². The van der Waals surface area contributed by atoms with Crippen molar-refractivity contribution in [3.8, 4) is 11.5 Å². The number of fused-ring (bicyclic) bond motifs is 1. The number of carbonyl (C=O) groups excluding carboxylic acids is 2. The molecule has 1 N–H and O–H groups in total. The molecule has 0 fully saturated rings. The molecule has 212 valence electrons. The third-order valence-corrected chi connectivity index (χ3v) is 7.05. The van der Waals surface area contributed by atoms with E-state index >= 15 is 0 Å². The van der Waals surface area contributed by atoms with Crippen LogP contribution in [0.2, 0.25) is 0 Å². The lowest BCUT2D eigenvalue weighted by Crippen LogP contribution is -2.51. The van der Waals surface area contributed by atoms with Crippen LogP contribution >= 0.6 is 0 Å². The van der Waals surface area contributed by atoms with Gasteiger partial charge in [0.1, 0.15) is 23.6 Å². The van der Waals surface area contributed by atoms with E-state index in [-0.39, 0.29) is 24.9 Å². The van der Waals surface area contributed by atoms with Crippen molar-refractivity contribution in [3.05, 3.63) is 71.7 Å². The van der Waals surface area contributed by atoms with Crippen LogP contribution in [0.25, 0.3) is 11.0 Å². The van der Waals surface area contributed by atoms with E-state index in [1.165, 1.54) is 0 Å². The van der Waals surface area contributed by atoms with Gasteiger partial charge in [-0.05, 0) is 75.6 Å². The number of amides is 2. The van der Waals surface area contributed by atoms with Crippen molar-refractivity contribution in [2.24, 2.45) is 0 Å². The lowest BCUT2D eigenvalue weighted by atomic mass is 10.0. The molecule has 0 bridgehead atoms. The van der Waals surface area contributed by atoms with Crippen LogP contribution in [0.5, 0.6) is 11.5 Å². The maximum atomic E-state index is 14.0. The minimum atomic E-state index is -0.984. The van der Waals surface area contributed by atoms with Crippen molar-refractivity contribution in [2.75, 3.05) is 20.8 Å². The molecule has 10 nitrogen and oxygen atoms in total. The van der Waals surface area contributed by atoms with Crippen molar-refractivity contribution >= 4 is 22.8 Å². The molecular weight excluding hydrogens is 510 g/mol. The molecule has 0 aliphatic heterocycles. The molecule has 2 aromatic heterocycles. The number of hydrogen-bond acceptors (Lipinski definition) is 7. The SMILES string of the molecule is CCC(C)(C)NC(=O)[C@@H](c1ccc(C)o1)N(CCc1ccc(OC)c(OC)c1)C(=O)Cn1nnc2ccccc21. The molecular formula is C30H37N5O5. The summed E-state index contributed by atoms with van der Waals surface area (Å²) in [6.07, 6.45) is 1.18. The molecule has 0 aliphatic carbocycles. The average Bonchev–Trinajstić information content (AvgIpc) is 3.56. The number of furan rings is 1. The molecule has 2 aromatic carbocycles. The van der Waals surface area contributed by atoms with Crippen molar-refractivity contribution in [1.82, 2.24) is 25.2 Å². The predicted molar refractivity (Wildman–Crippen MR) is 151 cm³/mol. The predicted octanol–water partition coefficient (Wildman–Crippen LogP) is 4.47. The first kappa shape index (κ1) is 28.7. The molecule has 0 aliphatic rings. The molecule has 1 atom stereocenters. The summed E-state index contributed by atoms with van der Waals surface area (Å²) in [7, 11) is 3.16. The summed E-state index contributed by atoms with van der Waals surface area (Å²) in [5.74, 6) is 1.64. The maximum Gasteiger partial charge on any atom is 0.251 e. The smallest absolute Gasteiger partial charge is 0.251 e. The third-order valence-electron chi connectivity index (χ3n) is 7.05. The highest BCUT2D eigenvalue weighted by molar-refractivity contribution is 5.89. The Morgan fingerprint density at radius 3 is 2.50 bits per heavy atom. The van der Waals surface area contributed by atoms with Crippen LogP contribution in [-0.4, -0.2) is 58.0 Å². The molecule has 0 spiro atoms. The second-order valence-electron chi connectivity index (χ2n) is 10.3. The van der Waals surface area contributed by atoms with Crippen molar-refractivity contribution in [2.45, 2.75) is 58.7 Å². The largest absolute Gasteiger partial charge is 0.493 e. The Morgan fingerprint density at radius 1 is 1.07 bits per heavy atom. The molecule has 0 unspecified atom stereocenters. The van der Waals surface area contributed by atoms with E-state index in [0.717, 1.165) is 11.1 Å². The third kappa shape index (κ3) is 6.44. The summed E-state index contributed by atoms with van der Waals surface area (Å²) < 4.78 is 18.3. The first-order valence-corrected chi connectivity index (χ1v) is 13.3. The number of benzene rings is 2. The lowest BCUT2D eigenvalue weighted by molar-refractivity contribution is -0.142. The monoisotopic (exact) mass is 547 g/mol. The van der Waals surface area contributed by atoms with Gasteiger partial charge >= 0.3 is 0 Å². The van der Waals surface area contributed by atoms with Crippen molar-refractivity contribution in [1.29, 1.82) is 0 Å². The molecule has 40 heavy (non-hydrogen) atoms. The van der Waals surface area contributed by atoms with Crippen LogP contribution in [0.4, 0.5) is 0 Å². The first-order valence-electron chi connectivity index (χ1n) is 13.3. The van der Waals surface area contributed by atoms with Crippen molar-refractivity contribution < 1.29 is 23.5 Å². The Bertz CT molecular complexity index is 1470. The number of methoxy groups -OCH3 is 2. The van der Waals surface area contributed by atoms with Crippen LogP contribution in [0.1, 0.15) is 50.3 Å². The number of aromatic nitrogens is 3. The molecule has 0 saturated heterocycles. The number of para-hydroxylation sites is 1. The number of nitrogens with one attached hydrogen (secondary N) is 1. The van der Waals surface area contributed by atoms with Gasteiger partial charge in [0, 0.05) is 12.1 Å². The summed E-state index contributed by atoms with van der Waals surface area (Å²) >= 11 is 0. The van der Waals surface area contributed by atoms with Crippen LogP contribution < -0.4 is 14.8 Å². The molecule has 4 rings (SSSR count). The normalized spacial score (nSPS) is 12.2. The number of rotatable bonds is 12. The lowest BCUT2D eigenvalue weighted by Gasteiger charge is -2.33. The fourth-order valence-corrected chi connectivity index (χ4v) is 4.45. The number of nitrogens with zero attached hydrogens (tertiary/aromatic N) is 4. The molecule has 4 aromatic rings. The van der Waals surface area contributed by atoms with E-state index in [4.69, 9.17) is 13.9 Å². The fraction of sp³-hybridized carbons (Fsp3) is 0.400. The van der Waals surface area contributed by atoms with E-state index in [0.29, 0.717) is 41.4 Å². The molecule has 2 heterocycles. The van der Waals surface area contributed by atoms with E-state index < -0.39 is 11.6 Å². The van der Waals surface area contributed by atoms with E-state index in [1.54, 1.807) is 35.9 Å². The topological polar surface area (TPSA) is 112 Å². The number of hydrogen-bond donors (Lipinski definition) is 1. The zero-order chi connectivity index (χ0) is 28.9. The van der Waals surface area contributed by atoms with Gasteiger partial charge in [-0.1, -0.05) is 30.3 Å². The second-order valence-corrected chi connectivity index (χ2v) is 10.3. The standard InChI is InChI=1S/C30H37N5O5/c1-7-30(3,4)31-29(37)28(25-14-12-20(2)40-25)34(17-16-21-13-15-24(38-5)26(18-21)39-6)27(36)19-35-23-11-9-8-10-22(23)32-33-35/h8-15,18,28H,7,16-17,19H2,1-6H3,(H,31,37)/t28-/m1/s1. The molecule has 0 saturated carbocycles. The minimum Gasteiger partial charge on any atom is -0.493 e. The van der Waals surface area contributed by atoms with Gasteiger partial charge in [-0.2, -0.15) is 0 Å². The summed E-state index contributed by atoms with van der Waals surface area (Å²) in [5, 5.41) is 11.5. The Labute approximate surface area is 234 Å². The molecule has 10 heteroatoms. The summed E-state index contributed by atoms with van der Waals surface area (Å²) in [6.45, 7) is 7.87. The van der Waals surface area contributed by atoms with Crippen LogP contribution in [-0.2, 0) is 22.6 Å². The summed E-state index contributed by atoms with van der Waals surface area (Å²) in [6, 6.07) is 15.6. The van der Waals surface area contributed by atoms with E-state index in [1.807, 2.05) is 70.2 Å². The minimum absolute atomic E-state index is 0.0902. The van der Waals surface area contributed by atoms with Crippen molar-refractivity contribution in [3.63, 3.8) is 0 Å². The zero-order valence-electron chi connectivity index (χ0n) is 23.9. The number of carbonyl (C=O) groups is 2. The van der Waals surface area contributed by atoms with Gasteiger partial charge in [-0.25, -0.2) is 4.68 Å². The van der Waals surface area contributed by atoms with Gasteiger partial charge in [-0.3, -0.25) is 9.59 Å². The zero-order valence-corrected chi connectivity index (χ0v) is 23.9. The summed E-state index contributed by atoms with van der Waals surface area (Å²) in [5.41, 5.74) is 1.87. The van der Waals surface area contributed by atoms with E-state index in [9.17, 15) is 9.59 Å². The maximum absolute atomic E-state index is 14.0. The Kier molecular flexibility index (Phi) is 8.77. The Balaban J connectivity index is 1.71. The van der Waals surface area contributed by atoms with Crippen LogP contribution in [0.15, 0.2) is 59.0 Å². The van der Waals surface area contributed by atoms with Gasteiger partial charge in [0.2, 0.25) is 5.91 Å². The van der Waals surface area contributed by atoms with Crippen LogP contribution in [0, 0.1) is 6.92 Å². The number of ether oxygens (including phenoxy) is 2. The average molecular weight is 548 g/mol. The Hall–Kier alpha value is -4.34. The number of aryl methyl sites for hydroxylation is 1. The van der Waals surface area contributed by atoms with E-state index in [2.05, 4.69) is 15.6 Å². The van der Waals surface area contributed by atoms with Gasteiger partial charge < -0.3 is 24.1 Å². The fourth-order valence-electron chi connectivity index (χ4n) is 4.45. The van der Waals surface area contributed by atoms with Gasteiger partial charge in [0.05, 0.1) is 19.7 Å². The highest BCUT2D eigenvalue weighted by atomic mass is 16.5.